The number of fused-ring (bicyclic) bond motifs is 1. The molecule has 130 valence electrons. The molecule has 0 atom stereocenters. The standard InChI is InChI=1S/C17H19Br2NO4/c1-5-23-14(21)9-12-11-7-6-10(18)8-13(11)20(15(12)19)16(22)24-17(2,3)4/h6-8H,5,9H2,1-4H3. The second kappa shape index (κ2) is 7.27. The number of rotatable bonds is 3. The number of hydrogen-bond donors (Lipinski definition) is 0. The molecule has 0 aliphatic rings. The molecule has 0 radical (unpaired) electrons. The fraction of sp³-hybridized carbons (Fsp3) is 0.412. The summed E-state index contributed by atoms with van der Waals surface area (Å²) >= 11 is 6.86. The predicted octanol–water partition coefficient (Wildman–Crippen LogP) is 5.06. The lowest BCUT2D eigenvalue weighted by molar-refractivity contribution is -0.142. The Kier molecular flexibility index (Phi) is 5.75. The van der Waals surface area contributed by atoms with Crippen LogP contribution in [-0.4, -0.2) is 28.8 Å². The van der Waals surface area contributed by atoms with E-state index in [2.05, 4.69) is 31.9 Å². The second-order valence-electron chi connectivity index (χ2n) is 6.23. The van der Waals surface area contributed by atoms with Gasteiger partial charge in [-0.05, 0) is 55.8 Å². The van der Waals surface area contributed by atoms with Gasteiger partial charge in [0.15, 0.2) is 0 Å². The number of carbonyl (C=O) groups is 2. The zero-order valence-corrected chi connectivity index (χ0v) is 17.2. The Bertz CT molecular complexity index is 790. The van der Waals surface area contributed by atoms with Gasteiger partial charge in [-0.1, -0.05) is 22.0 Å². The Labute approximate surface area is 157 Å². The number of hydrogen-bond acceptors (Lipinski definition) is 4. The van der Waals surface area contributed by atoms with E-state index in [0.717, 1.165) is 9.86 Å². The third-order valence-electron chi connectivity index (χ3n) is 3.17. The molecule has 1 aromatic heterocycles. The average Bonchev–Trinajstić information content (AvgIpc) is 2.69. The Balaban J connectivity index is 2.58. The number of benzene rings is 1. The fourth-order valence-corrected chi connectivity index (χ4v) is 3.35. The minimum atomic E-state index is -0.625. The molecule has 2 rings (SSSR count). The van der Waals surface area contributed by atoms with Crippen molar-refractivity contribution >= 4 is 54.8 Å². The molecule has 0 N–H and O–H groups in total. The van der Waals surface area contributed by atoms with Gasteiger partial charge in [0, 0.05) is 15.4 Å². The Morgan fingerprint density at radius 1 is 1.21 bits per heavy atom. The van der Waals surface area contributed by atoms with Gasteiger partial charge in [-0.15, -0.1) is 0 Å². The maximum Gasteiger partial charge on any atom is 0.419 e. The van der Waals surface area contributed by atoms with E-state index in [0.29, 0.717) is 22.3 Å². The highest BCUT2D eigenvalue weighted by atomic mass is 79.9. The maximum absolute atomic E-state index is 12.6. The van der Waals surface area contributed by atoms with E-state index in [4.69, 9.17) is 9.47 Å². The number of nitrogens with zero attached hydrogens (tertiary/aromatic N) is 1. The minimum Gasteiger partial charge on any atom is -0.466 e. The molecule has 7 heteroatoms. The summed E-state index contributed by atoms with van der Waals surface area (Å²) in [7, 11) is 0. The molecule has 24 heavy (non-hydrogen) atoms. The van der Waals surface area contributed by atoms with Gasteiger partial charge in [-0.2, -0.15) is 0 Å². The van der Waals surface area contributed by atoms with Crippen LogP contribution in [0.15, 0.2) is 27.3 Å². The lowest BCUT2D eigenvalue weighted by Gasteiger charge is -2.20. The van der Waals surface area contributed by atoms with Gasteiger partial charge in [0.25, 0.3) is 0 Å². The average molecular weight is 461 g/mol. The summed E-state index contributed by atoms with van der Waals surface area (Å²) in [6.45, 7) is 7.49. The van der Waals surface area contributed by atoms with E-state index >= 15 is 0 Å². The smallest absolute Gasteiger partial charge is 0.419 e. The normalized spacial score (nSPS) is 11.6. The monoisotopic (exact) mass is 459 g/mol. The van der Waals surface area contributed by atoms with Crippen molar-refractivity contribution in [2.45, 2.75) is 39.7 Å². The molecular formula is C17H19Br2NO4. The molecule has 0 fully saturated rings. The van der Waals surface area contributed by atoms with Crippen LogP contribution in [0.1, 0.15) is 33.3 Å². The summed E-state index contributed by atoms with van der Waals surface area (Å²) in [5.74, 6) is -0.343. The van der Waals surface area contributed by atoms with Crippen LogP contribution >= 0.6 is 31.9 Å². The first-order valence-electron chi connectivity index (χ1n) is 7.51. The molecule has 2 aromatic rings. The van der Waals surface area contributed by atoms with Gasteiger partial charge in [-0.25, -0.2) is 9.36 Å². The number of aromatic nitrogens is 1. The van der Waals surface area contributed by atoms with Crippen molar-refractivity contribution in [3.8, 4) is 0 Å². The molecular weight excluding hydrogens is 442 g/mol. The molecule has 0 spiro atoms. The SMILES string of the molecule is CCOC(=O)Cc1c(Br)n(C(=O)OC(C)(C)C)c2cc(Br)ccc12. The second-order valence-corrected chi connectivity index (χ2v) is 7.90. The van der Waals surface area contributed by atoms with Crippen molar-refractivity contribution in [1.29, 1.82) is 0 Å². The zero-order valence-electron chi connectivity index (χ0n) is 14.0. The number of ether oxygens (including phenoxy) is 2. The summed E-state index contributed by atoms with van der Waals surface area (Å²) in [6, 6.07) is 5.54. The number of esters is 1. The molecule has 0 saturated carbocycles. The van der Waals surface area contributed by atoms with E-state index in [1.165, 1.54) is 4.57 Å². The van der Waals surface area contributed by atoms with E-state index in [1.807, 2.05) is 18.2 Å². The van der Waals surface area contributed by atoms with Crippen molar-refractivity contribution in [1.82, 2.24) is 4.57 Å². The van der Waals surface area contributed by atoms with Crippen LogP contribution in [0, 0.1) is 0 Å². The first-order chi connectivity index (χ1) is 11.1. The first-order valence-corrected chi connectivity index (χ1v) is 9.10. The van der Waals surface area contributed by atoms with Crippen LogP contribution in [0.3, 0.4) is 0 Å². The summed E-state index contributed by atoms with van der Waals surface area (Å²) in [6.07, 6.45) is -0.435. The van der Waals surface area contributed by atoms with Crippen LogP contribution in [0.4, 0.5) is 4.79 Å². The number of carbonyl (C=O) groups excluding carboxylic acids is 2. The van der Waals surface area contributed by atoms with Crippen molar-refractivity contribution in [2.75, 3.05) is 6.61 Å². The van der Waals surface area contributed by atoms with E-state index in [-0.39, 0.29) is 12.4 Å². The molecule has 0 bridgehead atoms. The van der Waals surface area contributed by atoms with Crippen LogP contribution in [-0.2, 0) is 20.7 Å². The van der Waals surface area contributed by atoms with Crippen molar-refractivity contribution in [3.63, 3.8) is 0 Å². The molecule has 0 unspecified atom stereocenters. The zero-order chi connectivity index (χ0) is 18.1. The summed E-state index contributed by atoms with van der Waals surface area (Å²) < 4.78 is 13.3. The van der Waals surface area contributed by atoms with Crippen LogP contribution in [0.2, 0.25) is 0 Å². The van der Waals surface area contributed by atoms with Crippen LogP contribution < -0.4 is 0 Å². The molecule has 1 aromatic carbocycles. The highest BCUT2D eigenvalue weighted by molar-refractivity contribution is 9.10. The topological polar surface area (TPSA) is 57.5 Å². The lowest BCUT2D eigenvalue weighted by atomic mass is 10.1. The molecule has 0 aliphatic carbocycles. The highest BCUT2D eigenvalue weighted by Gasteiger charge is 2.25. The maximum atomic E-state index is 12.6. The predicted molar refractivity (Wildman–Crippen MR) is 99.3 cm³/mol. The molecule has 5 nitrogen and oxygen atoms in total. The molecule has 0 amide bonds. The van der Waals surface area contributed by atoms with E-state index < -0.39 is 11.7 Å². The van der Waals surface area contributed by atoms with Crippen molar-refractivity contribution < 1.29 is 19.1 Å². The minimum absolute atomic E-state index is 0.0718. The Hall–Kier alpha value is -1.34. The van der Waals surface area contributed by atoms with Crippen LogP contribution in [0.5, 0.6) is 0 Å². The number of halogens is 2. The quantitative estimate of drug-likeness (QED) is 0.601. The third kappa shape index (κ3) is 4.19. The van der Waals surface area contributed by atoms with Crippen LogP contribution in [0.25, 0.3) is 10.9 Å². The molecule has 1 heterocycles. The summed E-state index contributed by atoms with van der Waals surface area (Å²) in [5.41, 5.74) is 0.729. The Morgan fingerprint density at radius 3 is 2.46 bits per heavy atom. The van der Waals surface area contributed by atoms with Crippen molar-refractivity contribution in [2.24, 2.45) is 0 Å². The summed E-state index contributed by atoms with van der Waals surface area (Å²) in [4.78, 5) is 24.5. The van der Waals surface area contributed by atoms with E-state index in [1.54, 1.807) is 27.7 Å². The highest BCUT2D eigenvalue weighted by Crippen LogP contribution is 2.33. The molecule has 0 saturated heterocycles. The van der Waals surface area contributed by atoms with Gasteiger partial charge in [0.2, 0.25) is 0 Å². The van der Waals surface area contributed by atoms with Gasteiger partial charge >= 0.3 is 12.1 Å². The van der Waals surface area contributed by atoms with Gasteiger partial charge < -0.3 is 9.47 Å². The fourth-order valence-electron chi connectivity index (χ4n) is 2.31. The Morgan fingerprint density at radius 2 is 1.88 bits per heavy atom. The van der Waals surface area contributed by atoms with Gasteiger partial charge in [0.1, 0.15) is 5.60 Å². The van der Waals surface area contributed by atoms with Gasteiger partial charge in [0.05, 0.1) is 23.1 Å². The summed E-state index contributed by atoms with van der Waals surface area (Å²) in [5, 5.41) is 0.795. The van der Waals surface area contributed by atoms with E-state index in [9.17, 15) is 9.59 Å². The largest absolute Gasteiger partial charge is 0.466 e. The van der Waals surface area contributed by atoms with Gasteiger partial charge in [-0.3, -0.25) is 4.79 Å². The van der Waals surface area contributed by atoms with Crippen molar-refractivity contribution in [3.05, 3.63) is 32.8 Å². The lowest BCUT2D eigenvalue weighted by Crippen LogP contribution is -2.27. The third-order valence-corrected chi connectivity index (χ3v) is 4.50. The molecule has 0 aliphatic heterocycles. The first kappa shape index (κ1) is 19.0.